The van der Waals surface area contributed by atoms with Crippen LogP contribution in [0.25, 0.3) is 0 Å². The highest BCUT2D eigenvalue weighted by Gasteiger charge is 2.17. The largest absolute Gasteiger partial charge is 0.471 e. The Balaban J connectivity index is 2.75. The summed E-state index contributed by atoms with van der Waals surface area (Å²) in [4.78, 5) is 23.8. The number of aromatic amines is 2. The van der Waals surface area contributed by atoms with E-state index in [-0.39, 0.29) is 12.5 Å². The van der Waals surface area contributed by atoms with Crippen molar-refractivity contribution >= 4 is 0 Å². The van der Waals surface area contributed by atoms with Crippen molar-refractivity contribution in [3.05, 3.63) is 20.8 Å². The maximum absolute atomic E-state index is 11.1. The van der Waals surface area contributed by atoms with E-state index in [0.717, 1.165) is 0 Å². The molecule has 0 amide bonds. The molecule has 1 aromatic rings. The van der Waals surface area contributed by atoms with Crippen LogP contribution in [0.15, 0.2) is 9.59 Å². The van der Waals surface area contributed by atoms with E-state index in [0.29, 0.717) is 6.42 Å². The van der Waals surface area contributed by atoms with E-state index in [1.165, 1.54) is 0 Å². The number of H-pyrrole nitrogens is 2. The Morgan fingerprint density at radius 1 is 1.53 bits per heavy atom. The molecule has 7 nitrogen and oxygen atoms in total. The van der Waals surface area contributed by atoms with Gasteiger partial charge < -0.3 is 10.5 Å². The first kappa shape index (κ1) is 11.4. The molecule has 1 rings (SSSR count). The van der Waals surface area contributed by atoms with Crippen LogP contribution in [-0.4, -0.2) is 27.3 Å². The zero-order valence-corrected chi connectivity index (χ0v) is 8.66. The molecule has 1 atom stereocenters. The minimum atomic E-state index is -0.668. The van der Waals surface area contributed by atoms with Gasteiger partial charge in [-0.1, -0.05) is 6.92 Å². The lowest BCUT2D eigenvalue weighted by Crippen LogP contribution is -2.42. The van der Waals surface area contributed by atoms with Crippen molar-refractivity contribution in [2.75, 3.05) is 6.61 Å². The number of ether oxygens (including phenoxy) is 1. The van der Waals surface area contributed by atoms with Crippen LogP contribution >= 0.6 is 0 Å². The third kappa shape index (κ3) is 3.21. The minimum absolute atomic E-state index is 0.158. The van der Waals surface area contributed by atoms with E-state index in [1.54, 1.807) is 6.92 Å². The molecule has 0 bridgehead atoms. The summed E-state index contributed by atoms with van der Waals surface area (Å²) < 4.78 is 5.10. The molecule has 0 saturated carbocycles. The molecule has 1 aromatic heterocycles. The van der Waals surface area contributed by atoms with Gasteiger partial charge in [-0.15, -0.1) is 5.10 Å². The van der Waals surface area contributed by atoms with Gasteiger partial charge in [-0.2, -0.15) is 0 Å². The number of rotatable bonds is 4. The second kappa shape index (κ2) is 4.26. The summed E-state index contributed by atoms with van der Waals surface area (Å²) in [6.07, 6.45) is 0.703. The van der Waals surface area contributed by atoms with Gasteiger partial charge in [0.25, 0.3) is 5.88 Å². The molecule has 7 heteroatoms. The zero-order valence-electron chi connectivity index (χ0n) is 8.66. The minimum Gasteiger partial charge on any atom is -0.471 e. The number of hydrogen-bond acceptors (Lipinski definition) is 5. The second-order valence-corrected chi connectivity index (χ2v) is 3.61. The fourth-order valence-corrected chi connectivity index (χ4v) is 0.770. The summed E-state index contributed by atoms with van der Waals surface area (Å²) in [5.74, 6) is -0.181. The van der Waals surface area contributed by atoms with Gasteiger partial charge in [0.15, 0.2) is 0 Å². The molecule has 0 saturated heterocycles. The third-order valence-electron chi connectivity index (χ3n) is 2.03. The third-order valence-corrected chi connectivity index (χ3v) is 2.03. The van der Waals surface area contributed by atoms with E-state index in [9.17, 15) is 9.59 Å². The number of hydrogen-bond donors (Lipinski definition) is 3. The first-order valence-electron chi connectivity index (χ1n) is 4.55. The average Bonchev–Trinajstić information content (AvgIpc) is 2.16. The first-order valence-corrected chi connectivity index (χ1v) is 4.55. The highest BCUT2D eigenvalue weighted by Crippen LogP contribution is 2.05. The molecule has 0 aromatic carbocycles. The molecule has 0 aliphatic carbocycles. The highest BCUT2D eigenvalue weighted by atomic mass is 16.5. The predicted octanol–water partition coefficient (Wildman–Crippen LogP) is -1.04. The van der Waals surface area contributed by atoms with Crippen molar-refractivity contribution in [1.82, 2.24) is 15.2 Å². The summed E-state index contributed by atoms with van der Waals surface area (Å²) in [5, 5.41) is 5.52. The Labute approximate surface area is 85.7 Å². The Hall–Kier alpha value is -1.63. The lowest BCUT2D eigenvalue weighted by molar-refractivity contribution is 0.213. The van der Waals surface area contributed by atoms with Gasteiger partial charge in [0.2, 0.25) is 0 Å². The quantitative estimate of drug-likeness (QED) is 0.592. The fourth-order valence-electron chi connectivity index (χ4n) is 0.770. The van der Waals surface area contributed by atoms with Crippen LogP contribution < -0.4 is 21.7 Å². The monoisotopic (exact) mass is 214 g/mol. The van der Waals surface area contributed by atoms with E-state index >= 15 is 0 Å². The highest BCUT2D eigenvalue weighted by molar-refractivity contribution is 5.00. The molecule has 0 aliphatic heterocycles. The van der Waals surface area contributed by atoms with Gasteiger partial charge in [0.1, 0.15) is 6.61 Å². The molecule has 4 N–H and O–H groups in total. The Kier molecular flexibility index (Phi) is 3.25. The predicted molar refractivity (Wildman–Crippen MR) is 53.9 cm³/mol. The molecule has 0 spiro atoms. The van der Waals surface area contributed by atoms with Gasteiger partial charge in [-0.25, -0.2) is 9.89 Å². The maximum Gasteiger partial charge on any atom is 0.342 e. The molecule has 15 heavy (non-hydrogen) atoms. The molecule has 0 radical (unpaired) electrons. The van der Waals surface area contributed by atoms with Gasteiger partial charge in [0.05, 0.1) is 0 Å². The van der Waals surface area contributed by atoms with Crippen molar-refractivity contribution in [1.29, 1.82) is 0 Å². The molecular formula is C8H14N4O3. The summed E-state index contributed by atoms with van der Waals surface area (Å²) in [6, 6.07) is 0. The van der Waals surface area contributed by atoms with Crippen LogP contribution in [-0.2, 0) is 0 Å². The van der Waals surface area contributed by atoms with E-state index < -0.39 is 16.8 Å². The van der Waals surface area contributed by atoms with Gasteiger partial charge in [-0.05, 0) is 13.3 Å². The normalized spacial score (nSPS) is 14.6. The van der Waals surface area contributed by atoms with Gasteiger partial charge >= 0.3 is 11.2 Å². The zero-order chi connectivity index (χ0) is 11.5. The molecule has 1 unspecified atom stereocenters. The number of nitrogens with two attached hydrogens (primary N) is 1. The Bertz CT molecular complexity index is 434. The summed E-state index contributed by atoms with van der Waals surface area (Å²) in [6.45, 7) is 3.87. The Morgan fingerprint density at radius 2 is 2.20 bits per heavy atom. The van der Waals surface area contributed by atoms with Crippen LogP contribution in [0.2, 0.25) is 0 Å². The molecule has 0 aliphatic rings. The van der Waals surface area contributed by atoms with Crippen LogP contribution in [0.4, 0.5) is 0 Å². The second-order valence-electron chi connectivity index (χ2n) is 3.61. The van der Waals surface area contributed by atoms with Crippen molar-refractivity contribution in [3.8, 4) is 5.88 Å². The summed E-state index contributed by atoms with van der Waals surface area (Å²) >= 11 is 0. The van der Waals surface area contributed by atoms with Crippen LogP contribution in [0.3, 0.4) is 0 Å². The maximum atomic E-state index is 11.1. The van der Waals surface area contributed by atoms with Crippen LogP contribution in [0, 0.1) is 0 Å². The van der Waals surface area contributed by atoms with E-state index in [2.05, 4.69) is 10.2 Å². The van der Waals surface area contributed by atoms with Crippen molar-refractivity contribution in [3.63, 3.8) is 0 Å². The number of nitrogens with one attached hydrogen (secondary N) is 2. The van der Waals surface area contributed by atoms with Gasteiger partial charge in [-0.3, -0.25) is 9.78 Å². The molecule has 0 fully saturated rings. The lowest BCUT2D eigenvalue weighted by atomic mass is 10.0. The molecule has 84 valence electrons. The molecule has 1 heterocycles. The fraction of sp³-hybridized carbons (Fsp3) is 0.625. The van der Waals surface area contributed by atoms with Crippen molar-refractivity contribution < 1.29 is 4.74 Å². The van der Waals surface area contributed by atoms with E-state index in [4.69, 9.17) is 10.5 Å². The first-order chi connectivity index (χ1) is 6.94. The van der Waals surface area contributed by atoms with Gasteiger partial charge in [0, 0.05) is 5.54 Å². The topological polar surface area (TPSA) is 114 Å². The van der Waals surface area contributed by atoms with Crippen molar-refractivity contribution in [2.24, 2.45) is 5.73 Å². The van der Waals surface area contributed by atoms with Crippen LogP contribution in [0.1, 0.15) is 20.3 Å². The SMILES string of the molecule is CCC(C)(N)COc1n[nH]c(=O)[nH]c1=O. The Morgan fingerprint density at radius 3 is 2.73 bits per heavy atom. The summed E-state index contributed by atoms with van der Waals surface area (Å²) in [7, 11) is 0. The van der Waals surface area contributed by atoms with Crippen LogP contribution in [0.5, 0.6) is 5.88 Å². The number of aromatic nitrogens is 3. The lowest BCUT2D eigenvalue weighted by Gasteiger charge is -2.21. The molecular weight excluding hydrogens is 200 g/mol. The average molecular weight is 214 g/mol. The summed E-state index contributed by atoms with van der Waals surface area (Å²) in [5.41, 5.74) is 3.95. The van der Waals surface area contributed by atoms with E-state index in [1.807, 2.05) is 11.9 Å². The number of nitrogens with zero attached hydrogens (tertiary/aromatic N) is 1. The standard InChI is InChI=1S/C8H14N4O3/c1-3-8(2,9)4-15-6-5(13)10-7(14)12-11-6/h3-4,9H2,1-2H3,(H2,10,12,13,14). The van der Waals surface area contributed by atoms with Crippen molar-refractivity contribution in [2.45, 2.75) is 25.8 Å². The smallest absolute Gasteiger partial charge is 0.342 e.